The highest BCUT2D eigenvalue weighted by molar-refractivity contribution is 7.09. The molecule has 5 heteroatoms. The van der Waals surface area contributed by atoms with Crippen LogP contribution in [0, 0.1) is 12.3 Å². The van der Waals surface area contributed by atoms with Gasteiger partial charge in [0.1, 0.15) is 5.82 Å². The molecule has 1 unspecified atom stereocenters. The smallest absolute Gasteiger partial charge is 0.205 e. The number of aryl methyl sites for hydroxylation is 1. The summed E-state index contributed by atoms with van der Waals surface area (Å²) in [6.45, 7) is 8.15. The molecule has 1 aliphatic rings. The quantitative estimate of drug-likeness (QED) is 0.695. The first-order valence-corrected chi connectivity index (χ1v) is 5.89. The van der Waals surface area contributed by atoms with Crippen molar-refractivity contribution in [1.29, 1.82) is 0 Å². The number of anilines is 1. The number of nitrogens with zero attached hydrogens (tertiary/aromatic N) is 3. The first-order valence-electron chi connectivity index (χ1n) is 4.68. The Kier molecular flexibility index (Phi) is 2.43. The van der Waals surface area contributed by atoms with Crippen molar-refractivity contribution in [2.24, 2.45) is 5.41 Å². The lowest BCUT2D eigenvalue weighted by molar-refractivity contribution is 0.425. The second-order valence-electron chi connectivity index (χ2n) is 4.46. The fraction of sp³-hybridized carbons (Fsp3) is 0.778. The van der Waals surface area contributed by atoms with Crippen LogP contribution in [0.3, 0.4) is 0 Å². The zero-order chi connectivity index (χ0) is 10.3. The lowest BCUT2D eigenvalue weighted by Gasteiger charge is -2.20. The number of halogens is 1. The Hall–Kier alpha value is -0.350. The summed E-state index contributed by atoms with van der Waals surface area (Å²) in [5.74, 6) is 0.848. The van der Waals surface area contributed by atoms with E-state index < -0.39 is 0 Å². The van der Waals surface area contributed by atoms with Crippen LogP contribution in [0.1, 0.15) is 19.7 Å². The molecule has 2 rings (SSSR count). The van der Waals surface area contributed by atoms with E-state index in [-0.39, 0.29) is 10.8 Å². The van der Waals surface area contributed by atoms with Gasteiger partial charge in [-0.2, -0.15) is 4.37 Å². The van der Waals surface area contributed by atoms with Gasteiger partial charge >= 0.3 is 0 Å². The van der Waals surface area contributed by atoms with Crippen molar-refractivity contribution in [3.05, 3.63) is 5.82 Å². The zero-order valence-corrected chi connectivity index (χ0v) is 10.2. The highest BCUT2D eigenvalue weighted by atomic mass is 35.5. The second-order valence-corrected chi connectivity index (χ2v) is 5.72. The number of hydrogen-bond acceptors (Lipinski definition) is 4. The molecule has 0 radical (unpaired) electrons. The van der Waals surface area contributed by atoms with Gasteiger partial charge in [0, 0.05) is 30.0 Å². The largest absolute Gasteiger partial charge is 0.345 e. The van der Waals surface area contributed by atoms with Crippen LogP contribution in [0.2, 0.25) is 0 Å². The molecule has 1 aromatic rings. The highest BCUT2D eigenvalue weighted by Gasteiger charge is 2.39. The lowest BCUT2D eigenvalue weighted by atomic mass is 9.93. The Morgan fingerprint density at radius 3 is 2.71 bits per heavy atom. The molecule has 3 nitrogen and oxygen atoms in total. The van der Waals surface area contributed by atoms with Gasteiger partial charge in [0.25, 0.3) is 0 Å². The van der Waals surface area contributed by atoms with Crippen molar-refractivity contribution in [3.8, 4) is 0 Å². The van der Waals surface area contributed by atoms with Crippen molar-refractivity contribution >= 4 is 28.3 Å². The van der Waals surface area contributed by atoms with Crippen LogP contribution in [0.25, 0.3) is 0 Å². The third-order valence-corrected chi connectivity index (χ3v) is 4.21. The topological polar surface area (TPSA) is 29.0 Å². The third-order valence-electron chi connectivity index (χ3n) is 2.61. The summed E-state index contributed by atoms with van der Waals surface area (Å²) in [7, 11) is 0. The Bertz CT molecular complexity index is 337. The maximum absolute atomic E-state index is 6.27. The molecule has 1 fully saturated rings. The molecule has 0 saturated carbocycles. The highest BCUT2D eigenvalue weighted by Crippen LogP contribution is 2.36. The van der Waals surface area contributed by atoms with Gasteiger partial charge in [-0.15, -0.1) is 11.6 Å². The van der Waals surface area contributed by atoms with Crippen molar-refractivity contribution in [1.82, 2.24) is 9.36 Å². The summed E-state index contributed by atoms with van der Waals surface area (Å²) < 4.78 is 4.18. The van der Waals surface area contributed by atoms with Crippen LogP contribution in [0.15, 0.2) is 0 Å². The number of hydrogen-bond donors (Lipinski definition) is 0. The van der Waals surface area contributed by atoms with Crippen LogP contribution in [0.5, 0.6) is 0 Å². The van der Waals surface area contributed by atoms with Crippen molar-refractivity contribution in [2.45, 2.75) is 26.1 Å². The Balaban J connectivity index is 2.16. The van der Waals surface area contributed by atoms with E-state index in [2.05, 4.69) is 28.1 Å². The van der Waals surface area contributed by atoms with E-state index in [9.17, 15) is 0 Å². The standard InChI is InChI=1S/C9H14ClN3S/c1-6-11-8(14-12-6)13-4-7(10)9(2,3)5-13/h7H,4-5H2,1-3H3. The molecule has 1 aromatic heterocycles. The molecule has 14 heavy (non-hydrogen) atoms. The van der Waals surface area contributed by atoms with Gasteiger partial charge in [-0.25, -0.2) is 4.98 Å². The van der Waals surface area contributed by atoms with E-state index in [0.717, 1.165) is 24.0 Å². The predicted octanol–water partition coefficient (Wildman–Crippen LogP) is 2.30. The molecule has 0 spiro atoms. The van der Waals surface area contributed by atoms with Crippen LogP contribution >= 0.6 is 23.1 Å². The monoisotopic (exact) mass is 231 g/mol. The van der Waals surface area contributed by atoms with Gasteiger partial charge in [-0.05, 0) is 6.92 Å². The minimum atomic E-state index is 0.168. The van der Waals surface area contributed by atoms with Gasteiger partial charge < -0.3 is 4.90 Å². The van der Waals surface area contributed by atoms with Crippen molar-refractivity contribution < 1.29 is 0 Å². The maximum atomic E-state index is 6.27. The van der Waals surface area contributed by atoms with Gasteiger partial charge in [-0.1, -0.05) is 13.8 Å². The first-order chi connectivity index (χ1) is 6.49. The van der Waals surface area contributed by atoms with Gasteiger partial charge in [0.05, 0.1) is 5.38 Å². The molecular weight excluding hydrogens is 218 g/mol. The maximum Gasteiger partial charge on any atom is 0.205 e. The average Bonchev–Trinajstić information content (AvgIpc) is 2.58. The zero-order valence-electron chi connectivity index (χ0n) is 8.62. The third kappa shape index (κ3) is 1.73. The summed E-state index contributed by atoms with van der Waals surface area (Å²) in [5, 5.41) is 1.20. The summed E-state index contributed by atoms with van der Waals surface area (Å²) in [4.78, 5) is 6.59. The van der Waals surface area contributed by atoms with Gasteiger partial charge in [0.2, 0.25) is 5.13 Å². The van der Waals surface area contributed by atoms with E-state index in [1.165, 1.54) is 11.5 Å². The van der Waals surface area contributed by atoms with E-state index in [0.29, 0.717) is 0 Å². The van der Waals surface area contributed by atoms with E-state index in [1.54, 1.807) is 0 Å². The normalized spacial score (nSPS) is 25.7. The summed E-state index contributed by atoms with van der Waals surface area (Å²) in [6, 6.07) is 0. The molecule has 1 aliphatic heterocycles. The minimum Gasteiger partial charge on any atom is -0.345 e. The summed E-state index contributed by atoms with van der Waals surface area (Å²) in [6.07, 6.45) is 0. The number of aromatic nitrogens is 2. The van der Waals surface area contributed by atoms with Crippen LogP contribution < -0.4 is 4.90 Å². The predicted molar refractivity (Wildman–Crippen MR) is 60.3 cm³/mol. The molecule has 2 heterocycles. The molecule has 0 aliphatic carbocycles. The Morgan fingerprint density at radius 1 is 1.57 bits per heavy atom. The van der Waals surface area contributed by atoms with Crippen LogP contribution in [-0.2, 0) is 0 Å². The molecule has 0 aromatic carbocycles. The van der Waals surface area contributed by atoms with Crippen LogP contribution in [0.4, 0.5) is 5.13 Å². The summed E-state index contributed by atoms with van der Waals surface area (Å²) >= 11 is 7.73. The molecule has 1 atom stereocenters. The van der Waals surface area contributed by atoms with E-state index in [1.807, 2.05) is 6.92 Å². The van der Waals surface area contributed by atoms with Gasteiger partial charge in [0.15, 0.2) is 0 Å². The Labute approximate surface area is 93.3 Å². The molecule has 1 saturated heterocycles. The fourth-order valence-corrected chi connectivity index (χ4v) is 2.57. The lowest BCUT2D eigenvalue weighted by Crippen LogP contribution is -2.23. The molecular formula is C9H14ClN3S. The van der Waals surface area contributed by atoms with Gasteiger partial charge in [-0.3, -0.25) is 0 Å². The SMILES string of the molecule is Cc1nsc(N2CC(Cl)C(C)(C)C2)n1. The molecule has 78 valence electrons. The second kappa shape index (κ2) is 3.35. The van der Waals surface area contributed by atoms with Crippen molar-refractivity contribution in [2.75, 3.05) is 18.0 Å². The van der Waals surface area contributed by atoms with E-state index >= 15 is 0 Å². The summed E-state index contributed by atoms with van der Waals surface area (Å²) in [5.41, 5.74) is 0.168. The van der Waals surface area contributed by atoms with Crippen LogP contribution in [-0.4, -0.2) is 27.8 Å². The number of rotatable bonds is 1. The Morgan fingerprint density at radius 2 is 2.29 bits per heavy atom. The van der Waals surface area contributed by atoms with E-state index in [4.69, 9.17) is 11.6 Å². The van der Waals surface area contributed by atoms with Crippen molar-refractivity contribution in [3.63, 3.8) is 0 Å². The number of alkyl halides is 1. The first kappa shape index (κ1) is 10.2. The average molecular weight is 232 g/mol. The molecule has 0 amide bonds. The fourth-order valence-electron chi connectivity index (χ4n) is 1.66. The minimum absolute atomic E-state index is 0.168. The molecule has 0 bridgehead atoms. The molecule has 0 N–H and O–H groups in total.